The smallest absolute Gasteiger partial charge is 0.297 e. The van der Waals surface area contributed by atoms with Gasteiger partial charge in [0.1, 0.15) is 0 Å². The SMILES string of the molecule is CCCCCCCCCCCCCCCCOC(C)C[C@H](COS(=O)(=O)c1ccc(C)cc1)OCc1ccccc1. The number of aryl methyl sites for hydroxylation is 1. The highest BCUT2D eigenvalue weighted by atomic mass is 32.2. The van der Waals surface area contributed by atoms with E-state index in [0.717, 1.165) is 17.5 Å². The van der Waals surface area contributed by atoms with E-state index in [1.54, 1.807) is 24.3 Å². The summed E-state index contributed by atoms with van der Waals surface area (Å²) < 4.78 is 43.1. The standard InChI is InChI=1S/C35H56O5S/c1-4-5-6-7-8-9-10-11-12-13-14-15-16-20-27-38-32(3)28-34(39-29-33-21-18-17-19-22-33)30-40-41(36,37)35-25-23-31(2)24-26-35/h17-19,21-26,32,34H,4-16,20,27-30H2,1-3H3/t32?,34-/m1/s1. The molecule has 0 aliphatic rings. The molecular weight excluding hydrogens is 532 g/mol. The maximum absolute atomic E-state index is 12.7. The Hall–Kier alpha value is -1.73. The summed E-state index contributed by atoms with van der Waals surface area (Å²) in [6.45, 7) is 7.28. The van der Waals surface area contributed by atoms with Crippen LogP contribution < -0.4 is 0 Å². The summed E-state index contributed by atoms with van der Waals surface area (Å²) in [5, 5.41) is 0. The van der Waals surface area contributed by atoms with Crippen LogP contribution in [0.4, 0.5) is 0 Å². The monoisotopic (exact) mass is 588 g/mol. The van der Waals surface area contributed by atoms with Crippen molar-refractivity contribution in [3.8, 4) is 0 Å². The lowest BCUT2D eigenvalue weighted by molar-refractivity contribution is -0.0350. The van der Waals surface area contributed by atoms with E-state index in [4.69, 9.17) is 13.7 Å². The van der Waals surface area contributed by atoms with Crippen LogP contribution >= 0.6 is 0 Å². The van der Waals surface area contributed by atoms with E-state index in [0.29, 0.717) is 19.6 Å². The number of ether oxygens (including phenoxy) is 2. The van der Waals surface area contributed by atoms with E-state index in [-0.39, 0.29) is 17.6 Å². The fourth-order valence-corrected chi connectivity index (χ4v) is 5.87. The summed E-state index contributed by atoms with van der Waals surface area (Å²) in [6, 6.07) is 16.6. The van der Waals surface area contributed by atoms with Gasteiger partial charge in [-0.3, -0.25) is 4.18 Å². The van der Waals surface area contributed by atoms with Gasteiger partial charge in [-0.1, -0.05) is 138 Å². The molecule has 0 fully saturated rings. The maximum Gasteiger partial charge on any atom is 0.297 e. The van der Waals surface area contributed by atoms with Gasteiger partial charge in [-0.25, -0.2) is 0 Å². The largest absolute Gasteiger partial charge is 0.378 e. The highest BCUT2D eigenvalue weighted by Gasteiger charge is 2.21. The van der Waals surface area contributed by atoms with Crippen molar-refractivity contribution in [3.05, 3.63) is 65.7 Å². The Balaban J connectivity index is 1.63. The Bertz CT molecular complexity index is 991. The molecule has 0 radical (unpaired) electrons. The molecule has 5 nitrogen and oxygen atoms in total. The van der Waals surface area contributed by atoms with Gasteiger partial charge in [0.05, 0.1) is 30.3 Å². The number of benzene rings is 2. The van der Waals surface area contributed by atoms with Crippen molar-refractivity contribution in [2.45, 2.75) is 141 Å². The van der Waals surface area contributed by atoms with E-state index in [1.165, 1.54) is 83.5 Å². The quantitative estimate of drug-likeness (QED) is 0.0854. The third-order valence-corrected chi connectivity index (χ3v) is 8.84. The van der Waals surface area contributed by atoms with E-state index in [1.807, 2.05) is 44.2 Å². The van der Waals surface area contributed by atoms with E-state index in [9.17, 15) is 8.42 Å². The van der Waals surface area contributed by atoms with Crippen molar-refractivity contribution < 1.29 is 22.1 Å². The first-order valence-electron chi connectivity index (χ1n) is 16.1. The predicted octanol–water partition coefficient (Wildman–Crippen LogP) is 9.56. The number of rotatable bonds is 25. The Morgan fingerprint density at radius 3 is 1.78 bits per heavy atom. The van der Waals surface area contributed by atoms with Gasteiger partial charge in [0.2, 0.25) is 0 Å². The van der Waals surface area contributed by atoms with Crippen LogP contribution in [0.3, 0.4) is 0 Å². The summed E-state index contributed by atoms with van der Waals surface area (Å²) in [4.78, 5) is 0.159. The summed E-state index contributed by atoms with van der Waals surface area (Å²) in [6.07, 6.45) is 18.8. The first kappa shape index (κ1) is 35.5. The highest BCUT2D eigenvalue weighted by Crippen LogP contribution is 2.18. The Labute approximate surface area is 251 Å². The molecule has 6 heteroatoms. The second kappa shape index (κ2) is 21.9. The molecule has 0 spiro atoms. The molecule has 41 heavy (non-hydrogen) atoms. The van der Waals surface area contributed by atoms with Crippen molar-refractivity contribution in [2.24, 2.45) is 0 Å². The summed E-state index contributed by atoms with van der Waals surface area (Å²) in [7, 11) is -3.86. The van der Waals surface area contributed by atoms with Crippen molar-refractivity contribution in [1.82, 2.24) is 0 Å². The lowest BCUT2D eigenvalue weighted by atomic mass is 10.0. The molecule has 0 aliphatic heterocycles. The second-order valence-corrected chi connectivity index (χ2v) is 13.1. The molecule has 2 aromatic rings. The number of unbranched alkanes of at least 4 members (excludes halogenated alkanes) is 13. The van der Waals surface area contributed by atoms with Crippen LogP contribution in [0, 0.1) is 6.92 Å². The van der Waals surface area contributed by atoms with E-state index >= 15 is 0 Å². The zero-order valence-corrected chi connectivity index (χ0v) is 26.8. The minimum absolute atomic E-state index is 0.0460. The molecule has 0 N–H and O–H groups in total. The summed E-state index contributed by atoms with van der Waals surface area (Å²) in [5.41, 5.74) is 2.03. The second-order valence-electron chi connectivity index (χ2n) is 11.5. The maximum atomic E-state index is 12.7. The zero-order valence-electron chi connectivity index (χ0n) is 26.0. The van der Waals surface area contributed by atoms with Gasteiger partial charge in [0, 0.05) is 13.0 Å². The molecule has 2 aromatic carbocycles. The van der Waals surface area contributed by atoms with Crippen LogP contribution in [-0.4, -0.2) is 33.8 Å². The van der Waals surface area contributed by atoms with Gasteiger partial charge in [0.25, 0.3) is 10.1 Å². The normalized spacial score (nSPS) is 13.3. The molecule has 2 rings (SSSR count). The van der Waals surface area contributed by atoms with Crippen molar-refractivity contribution in [3.63, 3.8) is 0 Å². The minimum atomic E-state index is -3.86. The van der Waals surface area contributed by atoms with Crippen molar-refractivity contribution >= 4 is 10.1 Å². The molecule has 0 saturated heterocycles. The molecule has 232 valence electrons. The molecule has 0 aliphatic carbocycles. The predicted molar refractivity (Wildman–Crippen MR) is 170 cm³/mol. The van der Waals surface area contributed by atoms with Crippen LogP contribution in [0.15, 0.2) is 59.5 Å². The van der Waals surface area contributed by atoms with Gasteiger partial charge in [-0.15, -0.1) is 0 Å². The number of hydrogen-bond acceptors (Lipinski definition) is 5. The average Bonchev–Trinajstić information content (AvgIpc) is 2.97. The van der Waals surface area contributed by atoms with Gasteiger partial charge >= 0.3 is 0 Å². The van der Waals surface area contributed by atoms with Crippen LogP contribution in [0.1, 0.15) is 121 Å². The first-order chi connectivity index (χ1) is 19.9. The first-order valence-corrected chi connectivity index (χ1v) is 17.5. The fraction of sp³-hybridized carbons (Fsp3) is 0.657. The molecule has 0 bridgehead atoms. The van der Waals surface area contributed by atoms with Crippen molar-refractivity contribution in [1.29, 1.82) is 0 Å². The van der Waals surface area contributed by atoms with Crippen LogP contribution in [-0.2, 0) is 30.4 Å². The topological polar surface area (TPSA) is 61.8 Å². The molecule has 0 saturated carbocycles. The fourth-order valence-electron chi connectivity index (χ4n) is 4.93. The Morgan fingerprint density at radius 2 is 1.22 bits per heavy atom. The van der Waals surface area contributed by atoms with Crippen LogP contribution in [0.25, 0.3) is 0 Å². The Morgan fingerprint density at radius 1 is 0.683 bits per heavy atom. The summed E-state index contributed by atoms with van der Waals surface area (Å²) in [5.74, 6) is 0. The van der Waals surface area contributed by atoms with E-state index < -0.39 is 16.2 Å². The third-order valence-electron chi connectivity index (χ3n) is 7.54. The molecule has 0 aromatic heterocycles. The molecular formula is C35H56O5S. The lowest BCUT2D eigenvalue weighted by Gasteiger charge is -2.22. The summed E-state index contributed by atoms with van der Waals surface area (Å²) >= 11 is 0. The Kier molecular flexibility index (Phi) is 18.9. The minimum Gasteiger partial charge on any atom is -0.378 e. The lowest BCUT2D eigenvalue weighted by Crippen LogP contribution is -2.27. The van der Waals surface area contributed by atoms with Gasteiger partial charge in [0.15, 0.2) is 0 Å². The van der Waals surface area contributed by atoms with Crippen molar-refractivity contribution in [2.75, 3.05) is 13.2 Å². The molecule has 0 amide bonds. The highest BCUT2D eigenvalue weighted by molar-refractivity contribution is 7.86. The third kappa shape index (κ3) is 17.1. The number of hydrogen-bond donors (Lipinski definition) is 0. The zero-order chi connectivity index (χ0) is 29.6. The molecule has 1 unspecified atom stereocenters. The van der Waals surface area contributed by atoms with Gasteiger partial charge in [-0.2, -0.15) is 8.42 Å². The van der Waals surface area contributed by atoms with Crippen LogP contribution in [0.2, 0.25) is 0 Å². The average molecular weight is 589 g/mol. The molecule has 0 heterocycles. The van der Waals surface area contributed by atoms with Gasteiger partial charge in [-0.05, 0) is 38.0 Å². The van der Waals surface area contributed by atoms with Crippen LogP contribution in [0.5, 0.6) is 0 Å². The van der Waals surface area contributed by atoms with E-state index in [2.05, 4.69) is 6.92 Å². The van der Waals surface area contributed by atoms with Gasteiger partial charge < -0.3 is 9.47 Å². The molecule has 2 atom stereocenters.